The fourth-order valence-corrected chi connectivity index (χ4v) is 4.32. The first-order valence-corrected chi connectivity index (χ1v) is 11.4. The molecule has 164 valence electrons. The lowest BCUT2D eigenvalue weighted by atomic mass is 10.1. The molecule has 0 saturated carbocycles. The summed E-state index contributed by atoms with van der Waals surface area (Å²) in [5.74, 6) is -0.503. The smallest absolute Gasteiger partial charge is 0.279 e. The Morgan fingerprint density at radius 2 is 1.66 bits per heavy atom. The van der Waals surface area contributed by atoms with Crippen LogP contribution in [0.15, 0.2) is 83.8 Å². The maximum atomic E-state index is 12.6. The Hall–Kier alpha value is -3.69. The molecule has 1 aliphatic heterocycles. The average Bonchev–Trinajstić information content (AvgIpc) is 3.26. The van der Waals surface area contributed by atoms with Crippen LogP contribution in [-0.2, 0) is 27.8 Å². The van der Waals surface area contributed by atoms with Gasteiger partial charge >= 0.3 is 0 Å². The molecule has 0 aromatic heterocycles. The van der Waals surface area contributed by atoms with Crippen molar-refractivity contribution < 1.29 is 22.7 Å². The van der Waals surface area contributed by atoms with Crippen LogP contribution in [0.3, 0.4) is 0 Å². The van der Waals surface area contributed by atoms with Gasteiger partial charge in [-0.1, -0.05) is 54.6 Å². The predicted molar refractivity (Wildman–Crippen MR) is 117 cm³/mol. The van der Waals surface area contributed by atoms with Crippen LogP contribution in [0.1, 0.15) is 21.5 Å². The molecule has 0 spiro atoms. The number of amides is 2. The molecular formula is C23H21N3O5S. The molecule has 0 bridgehead atoms. The molecular weight excluding hydrogens is 430 g/mol. The summed E-state index contributed by atoms with van der Waals surface area (Å²) >= 11 is 0. The zero-order valence-corrected chi connectivity index (χ0v) is 17.8. The molecule has 1 aliphatic rings. The van der Waals surface area contributed by atoms with Gasteiger partial charge < -0.3 is 4.74 Å². The Labute approximate surface area is 185 Å². The van der Waals surface area contributed by atoms with E-state index in [1.165, 1.54) is 24.3 Å². The molecule has 3 aromatic rings. The molecule has 0 fully saturated rings. The van der Waals surface area contributed by atoms with E-state index < -0.39 is 27.9 Å². The van der Waals surface area contributed by atoms with E-state index in [4.69, 9.17) is 4.74 Å². The second-order valence-corrected chi connectivity index (χ2v) is 8.97. The van der Waals surface area contributed by atoms with Crippen molar-refractivity contribution in [3.05, 3.63) is 95.6 Å². The number of hydrazine groups is 1. The molecule has 0 radical (unpaired) electrons. The standard InChI is InChI=1S/C23H21N3O5S/c27-22(25-26-23(28)21-14-17-9-4-5-12-20(17)31-21)18-10-6-11-19(13-18)32(29,30)24-15-16-7-2-1-3-8-16/h1-13,21,24H,14-15H2,(H,25,27)(H,26,28). The quantitative estimate of drug-likeness (QED) is 0.496. The number of rotatable bonds is 6. The number of para-hydroxylation sites is 1. The van der Waals surface area contributed by atoms with E-state index in [2.05, 4.69) is 15.6 Å². The molecule has 0 saturated heterocycles. The first-order chi connectivity index (χ1) is 15.4. The number of carbonyl (C=O) groups excluding carboxylic acids is 2. The van der Waals surface area contributed by atoms with Crippen LogP contribution < -0.4 is 20.3 Å². The van der Waals surface area contributed by atoms with Gasteiger partial charge in [0.15, 0.2) is 6.10 Å². The van der Waals surface area contributed by atoms with Crippen LogP contribution in [-0.4, -0.2) is 26.3 Å². The van der Waals surface area contributed by atoms with Crippen LogP contribution in [0, 0.1) is 0 Å². The van der Waals surface area contributed by atoms with Crippen molar-refractivity contribution in [2.75, 3.05) is 0 Å². The summed E-state index contributed by atoms with van der Waals surface area (Å²) in [7, 11) is -3.83. The zero-order valence-electron chi connectivity index (χ0n) is 16.9. The van der Waals surface area contributed by atoms with Gasteiger partial charge in [-0.25, -0.2) is 13.1 Å². The maximum absolute atomic E-state index is 12.6. The van der Waals surface area contributed by atoms with Gasteiger partial charge in [0.1, 0.15) is 5.75 Å². The lowest BCUT2D eigenvalue weighted by Crippen LogP contribution is -2.47. The Bertz CT molecular complexity index is 1220. The molecule has 3 N–H and O–H groups in total. The molecule has 1 unspecified atom stereocenters. The van der Waals surface area contributed by atoms with Gasteiger partial charge in [-0.3, -0.25) is 20.4 Å². The Morgan fingerprint density at radius 1 is 0.906 bits per heavy atom. The molecule has 9 heteroatoms. The minimum absolute atomic E-state index is 0.0537. The number of sulfonamides is 1. The highest BCUT2D eigenvalue weighted by atomic mass is 32.2. The van der Waals surface area contributed by atoms with Crippen LogP contribution in [0.25, 0.3) is 0 Å². The fraction of sp³-hybridized carbons (Fsp3) is 0.130. The minimum Gasteiger partial charge on any atom is -0.480 e. The van der Waals surface area contributed by atoms with Crippen LogP contribution in [0.2, 0.25) is 0 Å². The number of hydrogen-bond donors (Lipinski definition) is 3. The molecule has 2 amide bonds. The zero-order chi connectivity index (χ0) is 22.6. The Kier molecular flexibility index (Phi) is 6.20. The van der Waals surface area contributed by atoms with E-state index in [-0.39, 0.29) is 17.0 Å². The molecule has 8 nitrogen and oxygen atoms in total. The monoisotopic (exact) mass is 451 g/mol. The Morgan fingerprint density at radius 3 is 2.44 bits per heavy atom. The summed E-state index contributed by atoms with van der Waals surface area (Å²) in [6, 6.07) is 22.0. The molecule has 32 heavy (non-hydrogen) atoms. The van der Waals surface area contributed by atoms with Crippen molar-refractivity contribution in [3.8, 4) is 5.75 Å². The van der Waals surface area contributed by atoms with Gasteiger partial charge in [0.05, 0.1) is 4.90 Å². The highest BCUT2D eigenvalue weighted by Gasteiger charge is 2.29. The summed E-state index contributed by atoms with van der Waals surface area (Å²) in [6.07, 6.45) is -0.347. The second kappa shape index (κ2) is 9.21. The summed E-state index contributed by atoms with van der Waals surface area (Å²) in [4.78, 5) is 24.7. The summed E-state index contributed by atoms with van der Waals surface area (Å²) < 4.78 is 33.3. The van der Waals surface area contributed by atoms with Gasteiger partial charge in [0, 0.05) is 18.5 Å². The van der Waals surface area contributed by atoms with E-state index in [1.807, 2.05) is 48.5 Å². The van der Waals surface area contributed by atoms with Crippen LogP contribution in [0.5, 0.6) is 5.75 Å². The average molecular weight is 452 g/mol. The normalized spacial score (nSPS) is 14.8. The third kappa shape index (κ3) is 4.96. The van der Waals surface area contributed by atoms with Crippen molar-refractivity contribution in [2.24, 2.45) is 0 Å². The first kappa shape index (κ1) is 21.5. The maximum Gasteiger partial charge on any atom is 0.279 e. The summed E-state index contributed by atoms with van der Waals surface area (Å²) in [5, 5.41) is 0. The van der Waals surface area contributed by atoms with Gasteiger partial charge in [-0.2, -0.15) is 0 Å². The topological polar surface area (TPSA) is 114 Å². The lowest BCUT2D eigenvalue weighted by molar-refractivity contribution is -0.128. The number of carbonyl (C=O) groups is 2. The highest BCUT2D eigenvalue weighted by Crippen LogP contribution is 2.28. The lowest BCUT2D eigenvalue weighted by Gasteiger charge is -2.13. The second-order valence-electron chi connectivity index (χ2n) is 7.20. The molecule has 4 rings (SSSR count). The van der Waals surface area contributed by atoms with Crippen molar-refractivity contribution in [1.29, 1.82) is 0 Å². The van der Waals surface area contributed by atoms with E-state index >= 15 is 0 Å². The fourth-order valence-electron chi connectivity index (χ4n) is 3.26. The first-order valence-electron chi connectivity index (χ1n) is 9.91. The van der Waals surface area contributed by atoms with E-state index in [0.717, 1.165) is 11.1 Å². The van der Waals surface area contributed by atoms with E-state index in [9.17, 15) is 18.0 Å². The minimum atomic E-state index is -3.83. The number of benzene rings is 3. The molecule has 3 aromatic carbocycles. The van der Waals surface area contributed by atoms with E-state index in [1.54, 1.807) is 6.07 Å². The van der Waals surface area contributed by atoms with Crippen molar-refractivity contribution in [2.45, 2.75) is 24.0 Å². The van der Waals surface area contributed by atoms with Crippen molar-refractivity contribution >= 4 is 21.8 Å². The summed E-state index contributed by atoms with van der Waals surface area (Å²) in [5.41, 5.74) is 6.45. The largest absolute Gasteiger partial charge is 0.480 e. The third-order valence-corrected chi connectivity index (χ3v) is 6.35. The number of ether oxygens (including phenoxy) is 1. The highest BCUT2D eigenvalue weighted by molar-refractivity contribution is 7.89. The van der Waals surface area contributed by atoms with Gasteiger partial charge in [0.2, 0.25) is 10.0 Å². The molecule has 1 atom stereocenters. The Balaban J connectivity index is 1.35. The van der Waals surface area contributed by atoms with Gasteiger partial charge in [0.25, 0.3) is 11.8 Å². The van der Waals surface area contributed by atoms with Gasteiger partial charge in [-0.05, 0) is 35.4 Å². The third-order valence-electron chi connectivity index (χ3n) is 4.95. The molecule has 1 heterocycles. The van der Waals surface area contributed by atoms with E-state index in [0.29, 0.717) is 12.2 Å². The van der Waals surface area contributed by atoms with Crippen LogP contribution in [0.4, 0.5) is 0 Å². The van der Waals surface area contributed by atoms with Crippen LogP contribution >= 0.6 is 0 Å². The van der Waals surface area contributed by atoms with Crippen molar-refractivity contribution in [1.82, 2.24) is 15.6 Å². The number of nitrogens with one attached hydrogen (secondary N) is 3. The SMILES string of the molecule is O=C(NNC(=O)C1Cc2ccccc2O1)c1cccc(S(=O)(=O)NCc2ccccc2)c1. The predicted octanol–water partition coefficient (Wildman–Crippen LogP) is 1.93. The summed E-state index contributed by atoms with van der Waals surface area (Å²) in [6.45, 7) is 0.124. The number of fused-ring (bicyclic) bond motifs is 1. The van der Waals surface area contributed by atoms with Gasteiger partial charge in [-0.15, -0.1) is 0 Å². The molecule has 0 aliphatic carbocycles. The van der Waals surface area contributed by atoms with Crippen molar-refractivity contribution in [3.63, 3.8) is 0 Å². The number of hydrogen-bond acceptors (Lipinski definition) is 5.